The third-order valence-electron chi connectivity index (χ3n) is 3.38. The molecule has 0 aliphatic rings. The molecule has 0 radical (unpaired) electrons. The largest absolute Gasteiger partial charge is 0.360 e. The number of para-hydroxylation sites is 1. The minimum atomic E-state index is -0.539. The normalized spacial score (nSPS) is 10.3. The van der Waals surface area contributed by atoms with Crippen LogP contribution in [0.15, 0.2) is 59.1 Å². The number of nitrogens with one attached hydrogen (secondary N) is 2. The number of anilines is 3. The van der Waals surface area contributed by atoms with Crippen molar-refractivity contribution in [2.75, 3.05) is 10.6 Å². The van der Waals surface area contributed by atoms with E-state index in [1.54, 1.807) is 25.1 Å². The highest BCUT2D eigenvalue weighted by Gasteiger charge is 2.18. The zero-order chi connectivity index (χ0) is 17.8. The number of aromatic nitrogens is 1. The molecule has 8 heteroatoms. The first kappa shape index (κ1) is 16.2. The molecule has 0 unspecified atom stereocenters. The van der Waals surface area contributed by atoms with Gasteiger partial charge in [0.15, 0.2) is 5.82 Å². The fraction of sp³-hybridized carbons (Fsp3) is 0.0588. The van der Waals surface area contributed by atoms with Crippen molar-refractivity contribution in [2.24, 2.45) is 0 Å². The van der Waals surface area contributed by atoms with Crippen LogP contribution in [0.3, 0.4) is 0 Å². The topological polar surface area (TPSA) is 110 Å². The number of benzene rings is 2. The van der Waals surface area contributed by atoms with Gasteiger partial charge in [-0.15, -0.1) is 0 Å². The van der Waals surface area contributed by atoms with E-state index in [0.717, 1.165) is 0 Å². The van der Waals surface area contributed by atoms with E-state index < -0.39 is 10.8 Å². The van der Waals surface area contributed by atoms with Gasteiger partial charge in [0.2, 0.25) is 0 Å². The second-order valence-corrected chi connectivity index (χ2v) is 5.26. The summed E-state index contributed by atoms with van der Waals surface area (Å²) >= 11 is 0. The minimum absolute atomic E-state index is 0.144. The van der Waals surface area contributed by atoms with Gasteiger partial charge < -0.3 is 15.2 Å². The molecule has 2 N–H and O–H groups in total. The summed E-state index contributed by atoms with van der Waals surface area (Å²) in [5.41, 5.74) is 0.949. The van der Waals surface area contributed by atoms with E-state index in [0.29, 0.717) is 17.1 Å². The van der Waals surface area contributed by atoms with Gasteiger partial charge in [0.25, 0.3) is 11.6 Å². The molecule has 1 amide bonds. The van der Waals surface area contributed by atoms with E-state index in [2.05, 4.69) is 15.8 Å². The lowest BCUT2D eigenvalue weighted by atomic mass is 10.1. The van der Waals surface area contributed by atoms with E-state index >= 15 is 0 Å². The van der Waals surface area contributed by atoms with Crippen LogP contribution < -0.4 is 10.6 Å². The number of nitro benzene ring substituents is 1. The molecule has 0 saturated heterocycles. The van der Waals surface area contributed by atoms with Gasteiger partial charge in [0.1, 0.15) is 11.4 Å². The van der Waals surface area contributed by atoms with Crippen LogP contribution in [-0.2, 0) is 0 Å². The van der Waals surface area contributed by atoms with Crippen molar-refractivity contribution >= 4 is 28.8 Å². The molecule has 0 saturated carbocycles. The Kier molecular flexibility index (Phi) is 4.42. The van der Waals surface area contributed by atoms with Crippen molar-refractivity contribution in [3.8, 4) is 0 Å². The lowest BCUT2D eigenvalue weighted by Gasteiger charge is -2.08. The number of aryl methyl sites for hydroxylation is 1. The first-order chi connectivity index (χ1) is 12.0. The van der Waals surface area contributed by atoms with E-state index in [1.165, 1.54) is 18.2 Å². The number of hydrogen-bond acceptors (Lipinski definition) is 6. The molecule has 0 spiro atoms. The van der Waals surface area contributed by atoms with Gasteiger partial charge in [-0.25, -0.2) is 0 Å². The van der Waals surface area contributed by atoms with Crippen molar-refractivity contribution in [1.82, 2.24) is 5.16 Å². The third kappa shape index (κ3) is 3.81. The van der Waals surface area contributed by atoms with E-state index in [9.17, 15) is 14.9 Å². The summed E-state index contributed by atoms with van der Waals surface area (Å²) in [5, 5.41) is 20.5. The monoisotopic (exact) mass is 338 g/mol. The van der Waals surface area contributed by atoms with E-state index in [1.807, 2.05) is 18.2 Å². The zero-order valence-electron chi connectivity index (χ0n) is 13.2. The lowest BCUT2D eigenvalue weighted by Crippen LogP contribution is -2.12. The number of nitrogens with zero attached hydrogens (tertiary/aromatic N) is 2. The summed E-state index contributed by atoms with van der Waals surface area (Å²) in [6, 6.07) is 14.8. The molecular formula is C17H14N4O4. The molecule has 126 valence electrons. The fourth-order valence-electron chi connectivity index (χ4n) is 2.22. The Labute approximate surface area is 142 Å². The number of rotatable bonds is 5. The van der Waals surface area contributed by atoms with Gasteiger partial charge in [-0.05, 0) is 31.2 Å². The lowest BCUT2D eigenvalue weighted by molar-refractivity contribution is -0.383. The van der Waals surface area contributed by atoms with Gasteiger partial charge in [-0.3, -0.25) is 14.9 Å². The molecule has 0 bridgehead atoms. The van der Waals surface area contributed by atoms with Crippen LogP contribution in [0, 0.1) is 17.0 Å². The summed E-state index contributed by atoms with van der Waals surface area (Å²) in [6.45, 7) is 1.69. The molecule has 1 aromatic heterocycles. The first-order valence-electron chi connectivity index (χ1n) is 7.38. The van der Waals surface area contributed by atoms with Crippen LogP contribution in [0.4, 0.5) is 22.9 Å². The molecule has 8 nitrogen and oxygen atoms in total. The highest BCUT2D eigenvalue weighted by Crippen LogP contribution is 2.29. The van der Waals surface area contributed by atoms with Crippen LogP contribution in [-0.4, -0.2) is 16.0 Å². The number of carbonyl (C=O) groups is 1. The Morgan fingerprint density at radius 1 is 1.16 bits per heavy atom. The SMILES string of the molecule is Cc1cc(NC(=O)c2ccc(Nc3ccccc3)c([N+](=O)[O-])c2)no1. The van der Waals surface area contributed by atoms with Crippen molar-refractivity contribution in [2.45, 2.75) is 6.92 Å². The Morgan fingerprint density at radius 3 is 2.56 bits per heavy atom. The second kappa shape index (κ2) is 6.83. The molecule has 2 aromatic carbocycles. The maximum Gasteiger partial charge on any atom is 0.293 e. The van der Waals surface area contributed by atoms with Crippen molar-refractivity contribution in [3.05, 3.63) is 76.0 Å². The molecule has 0 aliphatic carbocycles. The van der Waals surface area contributed by atoms with Gasteiger partial charge in [-0.1, -0.05) is 23.4 Å². The smallest absolute Gasteiger partial charge is 0.293 e. The molecular weight excluding hydrogens is 324 g/mol. The van der Waals surface area contributed by atoms with E-state index in [4.69, 9.17) is 4.52 Å². The molecule has 3 rings (SSSR count). The van der Waals surface area contributed by atoms with Gasteiger partial charge >= 0.3 is 0 Å². The number of amides is 1. The number of hydrogen-bond donors (Lipinski definition) is 2. The molecule has 25 heavy (non-hydrogen) atoms. The summed E-state index contributed by atoms with van der Waals surface area (Å²) in [4.78, 5) is 23.0. The molecule has 3 aromatic rings. The standard InChI is InChI=1S/C17H14N4O4/c1-11-9-16(20-25-11)19-17(22)12-7-8-14(15(10-12)21(23)24)18-13-5-3-2-4-6-13/h2-10,18H,1H3,(H,19,20,22). The summed E-state index contributed by atoms with van der Waals surface area (Å²) in [5.74, 6) is 0.281. The summed E-state index contributed by atoms with van der Waals surface area (Å²) < 4.78 is 4.87. The van der Waals surface area contributed by atoms with Crippen molar-refractivity contribution in [1.29, 1.82) is 0 Å². The molecule has 0 aliphatic heterocycles. The van der Waals surface area contributed by atoms with Gasteiger partial charge in [0.05, 0.1) is 4.92 Å². The average Bonchev–Trinajstić information content (AvgIpc) is 3.00. The second-order valence-electron chi connectivity index (χ2n) is 5.26. The first-order valence-corrected chi connectivity index (χ1v) is 7.38. The van der Waals surface area contributed by atoms with Crippen LogP contribution in [0.2, 0.25) is 0 Å². The maximum absolute atomic E-state index is 12.2. The van der Waals surface area contributed by atoms with Gasteiger partial charge in [-0.2, -0.15) is 0 Å². The summed E-state index contributed by atoms with van der Waals surface area (Å²) in [6.07, 6.45) is 0. The molecule has 1 heterocycles. The van der Waals surface area contributed by atoms with Crippen LogP contribution in [0.5, 0.6) is 0 Å². The number of nitro groups is 1. The van der Waals surface area contributed by atoms with E-state index in [-0.39, 0.29) is 17.1 Å². The van der Waals surface area contributed by atoms with Crippen LogP contribution in [0.25, 0.3) is 0 Å². The minimum Gasteiger partial charge on any atom is -0.360 e. The third-order valence-corrected chi connectivity index (χ3v) is 3.38. The molecule has 0 atom stereocenters. The predicted octanol–water partition coefficient (Wildman–Crippen LogP) is 3.89. The maximum atomic E-state index is 12.2. The summed E-state index contributed by atoms with van der Waals surface area (Å²) in [7, 11) is 0. The quantitative estimate of drug-likeness (QED) is 0.539. The zero-order valence-corrected chi connectivity index (χ0v) is 13.2. The van der Waals surface area contributed by atoms with Crippen LogP contribution >= 0.6 is 0 Å². The van der Waals surface area contributed by atoms with Crippen LogP contribution in [0.1, 0.15) is 16.1 Å². The Balaban J connectivity index is 1.85. The van der Waals surface area contributed by atoms with Crippen molar-refractivity contribution < 1.29 is 14.2 Å². The Morgan fingerprint density at radius 2 is 1.92 bits per heavy atom. The average molecular weight is 338 g/mol. The predicted molar refractivity (Wildman–Crippen MR) is 92.0 cm³/mol. The highest BCUT2D eigenvalue weighted by atomic mass is 16.6. The fourth-order valence-corrected chi connectivity index (χ4v) is 2.22. The molecule has 0 fully saturated rings. The van der Waals surface area contributed by atoms with Gasteiger partial charge in [0, 0.05) is 23.4 Å². The Bertz CT molecular complexity index is 921. The number of carbonyl (C=O) groups excluding carboxylic acids is 1. The van der Waals surface area contributed by atoms with Crippen molar-refractivity contribution in [3.63, 3.8) is 0 Å². The Hall–Kier alpha value is -3.68. The highest BCUT2D eigenvalue weighted by molar-refractivity contribution is 6.04.